The Balaban J connectivity index is 1.58. The van der Waals surface area contributed by atoms with Crippen molar-refractivity contribution in [3.05, 3.63) is 95.6 Å². The third-order valence-electron chi connectivity index (χ3n) is 9.01. The van der Waals surface area contributed by atoms with Crippen LogP contribution in [0.4, 0.5) is 4.79 Å². The molecule has 3 aromatic carbocycles. The number of nitrogens with zero attached hydrogens (tertiary/aromatic N) is 1. The largest absolute Gasteiger partial charge is 0.479 e. The molecule has 0 aliphatic heterocycles. The van der Waals surface area contributed by atoms with Crippen LogP contribution < -0.4 is 10.6 Å². The first-order valence-electron chi connectivity index (χ1n) is 16.2. The van der Waals surface area contributed by atoms with Crippen molar-refractivity contribution in [2.45, 2.75) is 76.9 Å². The number of carbonyl (C=O) groups is 3. The van der Waals surface area contributed by atoms with Gasteiger partial charge in [-0.05, 0) is 73.9 Å². The Hall–Kier alpha value is -4.17. The van der Waals surface area contributed by atoms with Crippen molar-refractivity contribution >= 4 is 18.0 Å². The minimum absolute atomic E-state index is 0.0739. The van der Waals surface area contributed by atoms with Gasteiger partial charge in [-0.1, -0.05) is 105 Å². The Morgan fingerprint density at radius 1 is 0.889 bits per heavy atom. The first-order chi connectivity index (χ1) is 21.9. The van der Waals surface area contributed by atoms with Crippen molar-refractivity contribution < 1.29 is 24.2 Å². The minimum atomic E-state index is -1.47. The number of carbonyl (C=O) groups excluding carboxylic acids is 2. The maximum absolute atomic E-state index is 14.5. The molecule has 0 saturated heterocycles. The van der Waals surface area contributed by atoms with Crippen LogP contribution in [0, 0.1) is 12.8 Å². The molecule has 8 nitrogen and oxygen atoms in total. The van der Waals surface area contributed by atoms with E-state index in [1.165, 1.54) is 11.3 Å². The van der Waals surface area contributed by atoms with Crippen LogP contribution in [0.5, 0.6) is 0 Å². The molecule has 4 rings (SSSR count). The molecule has 1 saturated carbocycles. The molecule has 8 heteroatoms. The molecule has 1 aliphatic rings. The Labute approximate surface area is 267 Å². The van der Waals surface area contributed by atoms with Crippen molar-refractivity contribution in [1.29, 1.82) is 0 Å². The summed E-state index contributed by atoms with van der Waals surface area (Å²) in [5, 5.41) is 16.8. The highest BCUT2D eigenvalue weighted by Crippen LogP contribution is 2.36. The first kappa shape index (κ1) is 33.7. The van der Waals surface area contributed by atoms with Gasteiger partial charge in [-0.3, -0.25) is 4.79 Å². The molecule has 2 amide bonds. The van der Waals surface area contributed by atoms with E-state index in [9.17, 15) is 19.5 Å². The van der Waals surface area contributed by atoms with Crippen LogP contribution in [0.2, 0.25) is 0 Å². The third kappa shape index (κ3) is 8.94. The normalized spacial score (nSPS) is 14.7. The second-order valence-electron chi connectivity index (χ2n) is 12.1. The van der Waals surface area contributed by atoms with Gasteiger partial charge >= 0.3 is 12.1 Å². The van der Waals surface area contributed by atoms with Gasteiger partial charge in [0, 0.05) is 12.1 Å². The van der Waals surface area contributed by atoms with Gasteiger partial charge in [-0.15, -0.1) is 0 Å². The summed E-state index contributed by atoms with van der Waals surface area (Å²) in [4.78, 5) is 41.9. The highest BCUT2D eigenvalue weighted by molar-refractivity contribution is 6.03. The van der Waals surface area contributed by atoms with Crippen LogP contribution in [0.1, 0.15) is 79.3 Å². The highest BCUT2D eigenvalue weighted by Gasteiger charge is 2.46. The smallest absolute Gasteiger partial charge is 0.407 e. The zero-order valence-electron chi connectivity index (χ0n) is 26.6. The van der Waals surface area contributed by atoms with Crippen molar-refractivity contribution in [3.8, 4) is 11.1 Å². The van der Waals surface area contributed by atoms with Crippen molar-refractivity contribution in [2.75, 3.05) is 20.3 Å². The number of amides is 2. The van der Waals surface area contributed by atoms with Crippen LogP contribution in [0.3, 0.4) is 0 Å². The number of aryl methyl sites for hydroxylation is 1. The molecule has 0 radical (unpaired) electrons. The number of carboxylic acid groups (broad SMARTS) is 1. The lowest BCUT2D eigenvalue weighted by atomic mass is 9.79. The maximum atomic E-state index is 14.5. The Morgan fingerprint density at radius 3 is 2.24 bits per heavy atom. The first-order valence-corrected chi connectivity index (χ1v) is 16.2. The quantitative estimate of drug-likeness (QED) is 0.124. The molecule has 3 aromatic rings. The van der Waals surface area contributed by atoms with Crippen LogP contribution in [-0.2, 0) is 16.1 Å². The van der Waals surface area contributed by atoms with E-state index in [1.807, 2.05) is 79.7 Å². The Bertz CT molecular complexity index is 1410. The number of alkyl carbamates (subject to hydrolysis) is 1. The highest BCUT2D eigenvalue weighted by atomic mass is 16.5. The molecular weight excluding hydrogens is 566 g/mol. The number of hydrogen-bond donors (Lipinski definition) is 3. The lowest BCUT2D eigenvalue weighted by molar-refractivity contribution is -0.151. The monoisotopic (exact) mass is 613 g/mol. The molecule has 0 bridgehead atoms. The molecule has 45 heavy (non-hydrogen) atoms. The molecule has 1 atom stereocenters. The van der Waals surface area contributed by atoms with Crippen LogP contribution in [0.15, 0.2) is 78.9 Å². The molecule has 240 valence electrons. The Kier molecular flexibility index (Phi) is 12.6. The fourth-order valence-corrected chi connectivity index (χ4v) is 6.49. The number of ether oxygens (including phenoxy) is 1. The van der Waals surface area contributed by atoms with E-state index in [0.717, 1.165) is 54.4 Å². The zero-order chi connectivity index (χ0) is 32.1. The lowest BCUT2D eigenvalue weighted by Gasteiger charge is -2.42. The molecule has 1 aliphatic carbocycles. The standard InChI is InChI=1S/C37H47N3O5/c1-28-14-9-10-19-31(28)32-20-11-12-21-33(32)34(41)40(27-38-2)37(35(42)43,24-22-29-15-5-3-6-16-29)23-13-25-39-36(44)45-26-30-17-7-4-8-18-30/h4,7-12,14,17-21,29,38H,3,5-6,13,15-16,22-27H2,1-2H3,(H,39,44)(H,42,43)/t37-/m1/s1. The van der Waals surface area contributed by atoms with Crippen molar-refractivity contribution in [1.82, 2.24) is 15.5 Å². The Morgan fingerprint density at radius 2 is 1.56 bits per heavy atom. The van der Waals surface area contributed by atoms with E-state index in [1.54, 1.807) is 13.1 Å². The summed E-state index contributed by atoms with van der Waals surface area (Å²) in [6, 6.07) is 24.7. The topological polar surface area (TPSA) is 108 Å². The van der Waals surface area contributed by atoms with Gasteiger partial charge in [0.15, 0.2) is 0 Å². The second-order valence-corrected chi connectivity index (χ2v) is 12.1. The number of carboxylic acids is 1. The molecule has 0 aromatic heterocycles. The van der Waals surface area contributed by atoms with E-state index in [4.69, 9.17) is 4.74 Å². The van der Waals surface area contributed by atoms with Gasteiger partial charge in [0.1, 0.15) is 12.1 Å². The average Bonchev–Trinajstić information content (AvgIpc) is 3.07. The predicted octanol–water partition coefficient (Wildman–Crippen LogP) is 7.17. The summed E-state index contributed by atoms with van der Waals surface area (Å²) in [5.41, 5.74) is 2.63. The van der Waals surface area contributed by atoms with Crippen LogP contribution in [-0.4, -0.2) is 53.8 Å². The SMILES string of the molecule is CNCN(C(=O)c1ccccc1-c1ccccc1C)[C@](CCCNC(=O)OCc1ccccc1)(CCC1CCCCC1)C(=O)O. The fraction of sp³-hybridized carbons (Fsp3) is 0.432. The van der Waals surface area contributed by atoms with E-state index < -0.39 is 17.6 Å². The van der Waals surface area contributed by atoms with Gasteiger partial charge in [-0.25, -0.2) is 9.59 Å². The molecule has 0 spiro atoms. The van der Waals surface area contributed by atoms with E-state index in [2.05, 4.69) is 10.6 Å². The van der Waals surface area contributed by atoms with E-state index >= 15 is 0 Å². The second kappa shape index (κ2) is 16.8. The van der Waals surface area contributed by atoms with E-state index in [0.29, 0.717) is 24.3 Å². The summed E-state index contributed by atoms with van der Waals surface area (Å²) in [7, 11) is 1.73. The van der Waals surface area contributed by atoms with Gasteiger partial charge in [0.25, 0.3) is 5.91 Å². The molecule has 0 heterocycles. The summed E-state index contributed by atoms with van der Waals surface area (Å²) >= 11 is 0. The van der Waals surface area contributed by atoms with Crippen molar-refractivity contribution in [2.24, 2.45) is 5.92 Å². The zero-order valence-corrected chi connectivity index (χ0v) is 26.6. The number of hydrogen-bond acceptors (Lipinski definition) is 5. The number of benzene rings is 3. The van der Waals surface area contributed by atoms with Gasteiger partial charge in [-0.2, -0.15) is 0 Å². The number of rotatable bonds is 15. The number of nitrogens with one attached hydrogen (secondary N) is 2. The predicted molar refractivity (Wildman–Crippen MR) is 177 cm³/mol. The lowest BCUT2D eigenvalue weighted by Crippen LogP contribution is -2.59. The maximum Gasteiger partial charge on any atom is 0.407 e. The molecular formula is C37H47N3O5. The fourth-order valence-electron chi connectivity index (χ4n) is 6.49. The molecule has 0 unspecified atom stereocenters. The van der Waals surface area contributed by atoms with Gasteiger partial charge < -0.3 is 25.4 Å². The summed E-state index contributed by atoms with van der Waals surface area (Å²) in [5.74, 6) is -0.916. The summed E-state index contributed by atoms with van der Waals surface area (Å²) in [6.45, 7) is 2.46. The summed E-state index contributed by atoms with van der Waals surface area (Å²) < 4.78 is 5.34. The van der Waals surface area contributed by atoms with Crippen LogP contribution >= 0.6 is 0 Å². The molecule has 1 fully saturated rings. The minimum Gasteiger partial charge on any atom is -0.479 e. The third-order valence-corrected chi connectivity index (χ3v) is 9.01. The number of aliphatic carboxylic acids is 1. The van der Waals surface area contributed by atoms with Gasteiger partial charge in [0.2, 0.25) is 0 Å². The van der Waals surface area contributed by atoms with E-state index in [-0.39, 0.29) is 32.1 Å². The average molecular weight is 614 g/mol. The molecule has 3 N–H and O–H groups in total. The van der Waals surface area contributed by atoms with Gasteiger partial charge in [0.05, 0.1) is 6.67 Å². The summed E-state index contributed by atoms with van der Waals surface area (Å²) in [6.07, 6.45) is 6.76. The van der Waals surface area contributed by atoms with Crippen LogP contribution in [0.25, 0.3) is 11.1 Å². The van der Waals surface area contributed by atoms with Crippen molar-refractivity contribution in [3.63, 3.8) is 0 Å².